The minimum absolute atomic E-state index is 0.0227. The zero-order valence-corrected chi connectivity index (χ0v) is 13.4. The Morgan fingerprint density at radius 2 is 1.85 bits per heavy atom. The van der Waals surface area contributed by atoms with E-state index in [9.17, 15) is 19.8 Å². The summed E-state index contributed by atoms with van der Waals surface area (Å²) in [7, 11) is 0. The van der Waals surface area contributed by atoms with Crippen LogP contribution in [-0.4, -0.2) is 11.1 Å². The van der Waals surface area contributed by atoms with E-state index >= 15 is 0 Å². The maximum absolute atomic E-state index is 11.7. The summed E-state index contributed by atoms with van der Waals surface area (Å²) in [4.78, 5) is 23.1. The Morgan fingerprint density at radius 1 is 1.04 bits per heavy atom. The number of carboxylic acid groups (broad SMARTS) is 1. The number of aromatic carboxylic acids is 1. The summed E-state index contributed by atoms with van der Waals surface area (Å²) in [5.74, 6) is -1.05. The maximum atomic E-state index is 11.7. The molecule has 1 aliphatic heterocycles. The monoisotopic (exact) mass is 346 g/mol. The van der Waals surface area contributed by atoms with Crippen molar-refractivity contribution in [3.8, 4) is 28.2 Å². The number of nitrogen functional groups attached to an aromatic ring is 1. The van der Waals surface area contributed by atoms with Gasteiger partial charge in [0.25, 0.3) is 0 Å². The zero-order valence-electron chi connectivity index (χ0n) is 13.4. The van der Waals surface area contributed by atoms with Gasteiger partial charge in [0.05, 0.1) is 5.56 Å². The van der Waals surface area contributed by atoms with Gasteiger partial charge in [-0.15, -0.1) is 5.75 Å². The summed E-state index contributed by atoms with van der Waals surface area (Å²) in [6.45, 7) is 0. The molecule has 0 saturated carbocycles. The highest BCUT2D eigenvalue weighted by Crippen LogP contribution is 2.41. The third kappa shape index (κ3) is 2.44. The highest BCUT2D eigenvalue weighted by atomic mass is 16.4. The van der Waals surface area contributed by atoms with Crippen molar-refractivity contribution in [1.82, 2.24) is 0 Å². The van der Waals surface area contributed by atoms with E-state index in [1.165, 1.54) is 36.4 Å². The van der Waals surface area contributed by atoms with E-state index in [0.29, 0.717) is 33.4 Å². The van der Waals surface area contributed by atoms with Gasteiger partial charge in [0.2, 0.25) is 0 Å². The molecule has 4 rings (SSSR count). The largest absolute Gasteiger partial charge is 0.872 e. The fourth-order valence-corrected chi connectivity index (χ4v) is 3.06. The van der Waals surface area contributed by atoms with Crippen molar-refractivity contribution in [2.24, 2.45) is 0 Å². The van der Waals surface area contributed by atoms with Crippen molar-refractivity contribution >= 4 is 22.6 Å². The Morgan fingerprint density at radius 3 is 2.62 bits per heavy atom. The minimum atomic E-state index is -1.14. The number of rotatable bonds is 2. The van der Waals surface area contributed by atoms with E-state index in [2.05, 4.69) is 0 Å². The average molecular weight is 346 g/mol. The van der Waals surface area contributed by atoms with Crippen molar-refractivity contribution in [2.75, 3.05) is 5.73 Å². The molecule has 0 fully saturated rings. The average Bonchev–Trinajstić information content (AvgIpc) is 2.59. The molecule has 3 N–H and O–H groups in total. The lowest BCUT2D eigenvalue weighted by Crippen LogP contribution is -2.03. The lowest BCUT2D eigenvalue weighted by atomic mass is 9.92. The second-order valence-corrected chi connectivity index (χ2v) is 5.90. The number of benzene rings is 3. The van der Waals surface area contributed by atoms with Crippen LogP contribution in [0, 0.1) is 0 Å². The zero-order chi connectivity index (χ0) is 18.4. The molecule has 1 aliphatic carbocycles. The number of hydrogen-bond acceptors (Lipinski definition) is 5. The summed E-state index contributed by atoms with van der Waals surface area (Å²) >= 11 is 0. The first-order chi connectivity index (χ1) is 12.4. The van der Waals surface area contributed by atoms with E-state index in [4.69, 9.17) is 10.2 Å². The molecule has 0 spiro atoms. The van der Waals surface area contributed by atoms with Crippen LogP contribution < -0.4 is 16.3 Å². The predicted octanol–water partition coefficient (Wildman–Crippen LogP) is 2.92. The number of nitrogens with two attached hydrogens (primary N) is 1. The van der Waals surface area contributed by atoms with E-state index in [0.717, 1.165) is 0 Å². The molecule has 6 heteroatoms. The molecule has 6 nitrogen and oxygen atoms in total. The highest BCUT2D eigenvalue weighted by molar-refractivity contribution is 6.04. The molecule has 0 radical (unpaired) electrons. The third-order valence-electron chi connectivity index (χ3n) is 4.24. The van der Waals surface area contributed by atoms with Crippen LogP contribution in [0.4, 0.5) is 5.69 Å². The van der Waals surface area contributed by atoms with Gasteiger partial charge in [0, 0.05) is 28.3 Å². The number of anilines is 1. The number of carboxylic acids is 1. The molecule has 0 atom stereocenters. The van der Waals surface area contributed by atoms with Gasteiger partial charge in [-0.2, -0.15) is 0 Å². The Hall–Kier alpha value is -3.80. The molecule has 2 aromatic carbocycles. The predicted molar refractivity (Wildman–Crippen MR) is 95.4 cm³/mol. The number of hydrogen-bond donors (Lipinski definition) is 2. The van der Waals surface area contributed by atoms with Crippen LogP contribution in [0.25, 0.3) is 33.4 Å². The second kappa shape index (κ2) is 5.63. The van der Waals surface area contributed by atoms with E-state index in [-0.39, 0.29) is 22.4 Å². The van der Waals surface area contributed by atoms with Crippen LogP contribution >= 0.6 is 0 Å². The molecule has 128 valence electrons. The Labute approximate surface area is 147 Å². The van der Waals surface area contributed by atoms with Gasteiger partial charge in [0.1, 0.15) is 11.3 Å². The number of fused-ring (bicyclic) bond motifs is 2. The van der Waals surface area contributed by atoms with Gasteiger partial charge in [-0.1, -0.05) is 18.2 Å². The van der Waals surface area contributed by atoms with E-state index in [1.807, 2.05) is 0 Å². The van der Waals surface area contributed by atoms with Gasteiger partial charge < -0.3 is 20.4 Å². The smallest absolute Gasteiger partial charge is 0.337 e. The molecule has 2 aliphatic rings. The topological polar surface area (TPSA) is 117 Å². The summed E-state index contributed by atoms with van der Waals surface area (Å²) in [5.41, 5.74) is 7.87. The molecule has 26 heavy (non-hydrogen) atoms. The first-order valence-electron chi connectivity index (χ1n) is 7.75. The van der Waals surface area contributed by atoms with Gasteiger partial charge >= 0.3 is 5.97 Å². The molecule has 0 unspecified atom stereocenters. The first kappa shape index (κ1) is 15.7. The molecule has 0 aromatic heterocycles. The Balaban J connectivity index is 2.15. The van der Waals surface area contributed by atoms with Crippen molar-refractivity contribution < 1.29 is 19.4 Å². The molecule has 0 amide bonds. The molecule has 0 bridgehead atoms. The summed E-state index contributed by atoms with van der Waals surface area (Å²) in [5, 5.41) is 21.7. The molecule has 2 aromatic rings. The Bertz CT molecular complexity index is 1210. The van der Waals surface area contributed by atoms with Crippen LogP contribution in [0.2, 0.25) is 0 Å². The summed E-state index contributed by atoms with van der Waals surface area (Å²) < 4.78 is 5.73. The molecule has 0 saturated heterocycles. The molecule has 1 heterocycles. The molecular formula is C20H12NO5-. The second-order valence-electron chi connectivity index (χ2n) is 5.90. The highest BCUT2D eigenvalue weighted by Gasteiger charge is 2.19. The fourth-order valence-electron chi connectivity index (χ4n) is 3.06. The Kier molecular flexibility index (Phi) is 3.40. The van der Waals surface area contributed by atoms with Gasteiger partial charge in [-0.3, -0.25) is 4.79 Å². The lowest BCUT2D eigenvalue weighted by molar-refractivity contribution is -0.268. The van der Waals surface area contributed by atoms with E-state index < -0.39 is 5.97 Å². The standard InChI is InChI=1S/C20H13NO5/c21-16-6-1-10(7-15(16)20(24)25)19-13-4-2-11(22)8-17(13)26-18-9-12(23)3-5-14(18)19/h1-9,22H,21H2,(H,24,25)/p-1. The van der Waals surface area contributed by atoms with Crippen LogP contribution in [0.3, 0.4) is 0 Å². The van der Waals surface area contributed by atoms with Crippen LogP contribution in [-0.2, 0) is 0 Å². The summed E-state index contributed by atoms with van der Waals surface area (Å²) in [6, 6.07) is 13.4. The van der Waals surface area contributed by atoms with Crippen molar-refractivity contribution in [3.05, 3.63) is 70.4 Å². The van der Waals surface area contributed by atoms with Gasteiger partial charge in [0.15, 0.2) is 5.43 Å². The van der Waals surface area contributed by atoms with Crippen molar-refractivity contribution in [3.63, 3.8) is 0 Å². The van der Waals surface area contributed by atoms with Crippen LogP contribution in [0.5, 0.6) is 5.75 Å². The summed E-state index contributed by atoms with van der Waals surface area (Å²) in [6.07, 6.45) is 0. The van der Waals surface area contributed by atoms with Crippen LogP contribution in [0.15, 0.2) is 63.8 Å². The minimum Gasteiger partial charge on any atom is -0.872 e. The fraction of sp³-hybridized carbons (Fsp3) is 0. The molecular weight excluding hydrogens is 334 g/mol. The normalized spacial score (nSPS) is 11.1. The maximum Gasteiger partial charge on any atom is 0.337 e. The van der Waals surface area contributed by atoms with Gasteiger partial charge in [-0.25, -0.2) is 4.79 Å². The van der Waals surface area contributed by atoms with Crippen molar-refractivity contribution in [1.29, 1.82) is 0 Å². The SMILES string of the molecule is Nc1ccc(-c2c3ccc(=O)cc-3oc3cc([O-])ccc23)cc1C(=O)O. The van der Waals surface area contributed by atoms with Crippen molar-refractivity contribution in [2.45, 2.75) is 0 Å². The quantitative estimate of drug-likeness (QED) is 0.426. The lowest BCUT2D eigenvalue weighted by Gasteiger charge is -2.17. The van der Waals surface area contributed by atoms with Gasteiger partial charge in [-0.05, 0) is 35.9 Å². The first-order valence-corrected chi connectivity index (χ1v) is 7.75. The van der Waals surface area contributed by atoms with E-state index in [1.54, 1.807) is 18.2 Å². The number of carbonyl (C=O) groups is 1. The third-order valence-corrected chi connectivity index (χ3v) is 4.24. The van der Waals surface area contributed by atoms with Crippen LogP contribution in [0.1, 0.15) is 10.4 Å².